The third kappa shape index (κ3) is 3.45. The van der Waals surface area contributed by atoms with Crippen LogP contribution in [0.3, 0.4) is 0 Å². The summed E-state index contributed by atoms with van der Waals surface area (Å²) in [7, 11) is 0. The summed E-state index contributed by atoms with van der Waals surface area (Å²) >= 11 is 0. The van der Waals surface area contributed by atoms with E-state index in [1.165, 1.54) is 0 Å². The van der Waals surface area contributed by atoms with Gasteiger partial charge in [0.1, 0.15) is 5.75 Å². The van der Waals surface area contributed by atoms with E-state index in [2.05, 4.69) is 0 Å². The van der Waals surface area contributed by atoms with Gasteiger partial charge in [0.05, 0.1) is 5.56 Å². The van der Waals surface area contributed by atoms with Crippen LogP contribution in [0.25, 0.3) is 0 Å². The molecule has 0 saturated carbocycles. The van der Waals surface area contributed by atoms with Crippen molar-refractivity contribution in [2.75, 3.05) is 0 Å². The molecule has 2 aromatic carbocycles. The van der Waals surface area contributed by atoms with Crippen molar-refractivity contribution in [2.45, 2.75) is 0 Å². The molecule has 0 saturated heterocycles. The molecule has 76 valence electrons. The van der Waals surface area contributed by atoms with Crippen molar-refractivity contribution in [1.82, 2.24) is 0 Å². The molecule has 2 aromatic rings. The predicted octanol–water partition coefficient (Wildman–Crippen LogP) is 2.90. The molecule has 0 heterocycles. The standard InChI is InChI=1S/C13H10O2.Hg/c14-13(11-7-3-1-4-8-11)15-12-9-5-2-6-10-12;/h1-10H;. The second kappa shape index (κ2) is 6.43. The third-order valence-electron chi connectivity index (χ3n) is 1.96. The van der Waals surface area contributed by atoms with Gasteiger partial charge in [-0.05, 0) is 24.3 Å². The monoisotopic (exact) mass is 400 g/mol. The first-order valence-corrected chi connectivity index (χ1v) is 4.68. The Balaban J connectivity index is 0.00000128. The van der Waals surface area contributed by atoms with Crippen molar-refractivity contribution in [1.29, 1.82) is 0 Å². The zero-order chi connectivity index (χ0) is 10.5. The van der Waals surface area contributed by atoms with Crippen LogP contribution in [0.4, 0.5) is 0 Å². The molecule has 2 nitrogen and oxygen atoms in total. The van der Waals surface area contributed by atoms with Crippen LogP contribution in [0.1, 0.15) is 10.4 Å². The van der Waals surface area contributed by atoms with Crippen LogP contribution in [-0.2, 0) is 27.7 Å². The first-order chi connectivity index (χ1) is 7.36. The van der Waals surface area contributed by atoms with Gasteiger partial charge in [0.25, 0.3) is 0 Å². The number of para-hydroxylation sites is 1. The Morgan fingerprint density at radius 3 is 1.88 bits per heavy atom. The molecule has 3 heteroatoms. The van der Waals surface area contributed by atoms with Gasteiger partial charge in [-0.1, -0.05) is 36.4 Å². The minimum Gasteiger partial charge on any atom is -0.423 e. The van der Waals surface area contributed by atoms with E-state index < -0.39 is 0 Å². The van der Waals surface area contributed by atoms with Crippen LogP contribution >= 0.6 is 0 Å². The summed E-state index contributed by atoms with van der Waals surface area (Å²) in [6, 6.07) is 18.0. The van der Waals surface area contributed by atoms with E-state index in [0.29, 0.717) is 11.3 Å². The van der Waals surface area contributed by atoms with Gasteiger partial charge >= 0.3 is 5.97 Å². The fourth-order valence-electron chi connectivity index (χ4n) is 1.23. The molecule has 16 heavy (non-hydrogen) atoms. The zero-order valence-electron chi connectivity index (χ0n) is 8.80. The fraction of sp³-hybridized carbons (Fsp3) is 0. The summed E-state index contributed by atoms with van der Waals surface area (Å²) in [6.45, 7) is 0. The van der Waals surface area contributed by atoms with Crippen LogP contribution in [0.2, 0.25) is 0 Å². The molecule has 0 aliphatic heterocycles. The molecule has 0 unspecified atom stereocenters. The number of benzene rings is 2. The molecule has 2 rings (SSSR count). The van der Waals surface area contributed by atoms with Crippen molar-refractivity contribution < 1.29 is 37.2 Å². The number of carbonyl (C=O) groups excluding carboxylic acids is 1. The maximum absolute atomic E-state index is 11.6. The minimum absolute atomic E-state index is 0. The number of ether oxygens (including phenoxy) is 1. The molecule has 0 radical (unpaired) electrons. The van der Waals surface area contributed by atoms with Gasteiger partial charge in [-0.25, -0.2) is 4.79 Å². The van der Waals surface area contributed by atoms with E-state index >= 15 is 0 Å². The van der Waals surface area contributed by atoms with Crippen LogP contribution in [0, 0.1) is 0 Å². The summed E-state index contributed by atoms with van der Waals surface area (Å²) in [5, 5.41) is 0. The Labute approximate surface area is 115 Å². The van der Waals surface area contributed by atoms with Gasteiger partial charge in [-0.15, -0.1) is 0 Å². The van der Waals surface area contributed by atoms with E-state index in [1.807, 2.05) is 36.4 Å². The fourth-order valence-corrected chi connectivity index (χ4v) is 1.23. The van der Waals surface area contributed by atoms with Gasteiger partial charge in [0, 0.05) is 27.7 Å². The van der Waals surface area contributed by atoms with Crippen molar-refractivity contribution >= 4 is 5.97 Å². The maximum Gasteiger partial charge on any atom is 0.343 e. The van der Waals surface area contributed by atoms with Crippen LogP contribution < -0.4 is 4.74 Å². The van der Waals surface area contributed by atoms with Gasteiger partial charge in [0.2, 0.25) is 0 Å². The first-order valence-electron chi connectivity index (χ1n) is 4.68. The Kier molecular flexibility index (Phi) is 5.19. The summed E-state index contributed by atoms with van der Waals surface area (Å²) in [6.07, 6.45) is 0. The molecule has 0 atom stereocenters. The zero-order valence-corrected chi connectivity index (χ0v) is 14.3. The van der Waals surface area contributed by atoms with E-state index in [4.69, 9.17) is 4.74 Å². The van der Waals surface area contributed by atoms with E-state index in [9.17, 15) is 4.79 Å². The number of esters is 1. The Morgan fingerprint density at radius 1 is 0.812 bits per heavy atom. The number of hydrogen-bond acceptors (Lipinski definition) is 2. The van der Waals surface area contributed by atoms with E-state index in [1.54, 1.807) is 24.3 Å². The maximum atomic E-state index is 11.6. The normalized spacial score (nSPS) is 9.00. The SMILES string of the molecule is O=C(Oc1ccccc1)c1ccccc1.[Hg]. The molecule has 0 fully saturated rings. The van der Waals surface area contributed by atoms with Crippen LogP contribution in [0.15, 0.2) is 60.7 Å². The molecule has 0 spiro atoms. The molecular weight excluding hydrogens is 389 g/mol. The molecule has 0 bridgehead atoms. The topological polar surface area (TPSA) is 26.3 Å². The quantitative estimate of drug-likeness (QED) is 0.442. The van der Waals surface area contributed by atoms with Crippen LogP contribution in [0.5, 0.6) is 5.75 Å². The molecule has 0 aromatic heterocycles. The van der Waals surface area contributed by atoms with Crippen molar-refractivity contribution in [3.8, 4) is 5.75 Å². The van der Waals surface area contributed by atoms with Crippen LogP contribution in [-0.4, -0.2) is 5.97 Å². The molecular formula is C13H10HgO2. The first kappa shape index (κ1) is 12.9. The molecule has 0 aliphatic carbocycles. The predicted molar refractivity (Wildman–Crippen MR) is 57.8 cm³/mol. The van der Waals surface area contributed by atoms with E-state index in [-0.39, 0.29) is 33.6 Å². The Morgan fingerprint density at radius 2 is 1.31 bits per heavy atom. The van der Waals surface area contributed by atoms with Gasteiger partial charge < -0.3 is 4.74 Å². The minimum atomic E-state index is -0.332. The molecule has 0 N–H and O–H groups in total. The van der Waals surface area contributed by atoms with Gasteiger partial charge in [0.15, 0.2) is 0 Å². The smallest absolute Gasteiger partial charge is 0.343 e. The summed E-state index contributed by atoms with van der Waals surface area (Å²) < 4.78 is 5.16. The summed E-state index contributed by atoms with van der Waals surface area (Å²) in [4.78, 5) is 11.6. The number of hydrogen-bond donors (Lipinski definition) is 0. The Hall–Kier alpha value is -1.15. The van der Waals surface area contributed by atoms with Crippen molar-refractivity contribution in [2.24, 2.45) is 0 Å². The third-order valence-corrected chi connectivity index (χ3v) is 1.96. The van der Waals surface area contributed by atoms with Gasteiger partial charge in [-0.3, -0.25) is 0 Å². The average molecular weight is 399 g/mol. The van der Waals surface area contributed by atoms with Crippen molar-refractivity contribution in [3.05, 3.63) is 66.2 Å². The number of carbonyl (C=O) groups is 1. The van der Waals surface area contributed by atoms with E-state index in [0.717, 1.165) is 0 Å². The largest absolute Gasteiger partial charge is 0.423 e. The second-order valence-corrected chi connectivity index (χ2v) is 3.07. The van der Waals surface area contributed by atoms with Crippen molar-refractivity contribution in [3.63, 3.8) is 0 Å². The molecule has 0 aliphatic rings. The second-order valence-electron chi connectivity index (χ2n) is 3.07. The average Bonchev–Trinajstić information content (AvgIpc) is 2.31. The van der Waals surface area contributed by atoms with Gasteiger partial charge in [-0.2, -0.15) is 0 Å². The summed E-state index contributed by atoms with van der Waals surface area (Å²) in [5.74, 6) is 0.230. The number of rotatable bonds is 2. The molecule has 0 amide bonds. The summed E-state index contributed by atoms with van der Waals surface area (Å²) in [5.41, 5.74) is 0.557. The Bertz CT molecular complexity index is 440.